The van der Waals surface area contributed by atoms with Gasteiger partial charge in [0.2, 0.25) is 0 Å². The van der Waals surface area contributed by atoms with E-state index in [1.807, 2.05) is 0 Å². The van der Waals surface area contributed by atoms with Crippen molar-refractivity contribution in [1.82, 2.24) is 2.78 Å². The van der Waals surface area contributed by atoms with Gasteiger partial charge in [-0.25, -0.2) is 0 Å². The fourth-order valence-corrected chi connectivity index (χ4v) is 4.03. The Balaban J connectivity index is 2.61. The summed E-state index contributed by atoms with van der Waals surface area (Å²) in [5, 5.41) is 1.38. The number of nitrogens with zero attached hydrogens (tertiary/aromatic N) is 1. The molecule has 0 fully saturated rings. The van der Waals surface area contributed by atoms with E-state index in [0.29, 0.717) is 5.92 Å². The van der Waals surface area contributed by atoms with Crippen molar-refractivity contribution >= 4 is 31.0 Å². The monoisotopic (exact) mass is 315 g/mol. The van der Waals surface area contributed by atoms with Crippen molar-refractivity contribution < 1.29 is 0 Å². The fourth-order valence-electron chi connectivity index (χ4n) is 1.77. The van der Waals surface area contributed by atoms with Crippen LogP contribution in [0.5, 0.6) is 0 Å². The first-order chi connectivity index (χ1) is 7.09. The topological polar surface area (TPSA) is 4.93 Å². The predicted molar refractivity (Wildman–Crippen MR) is 77.3 cm³/mol. The molecular weight excluding hydrogens is 297 g/mol. The van der Waals surface area contributed by atoms with Crippen LogP contribution >= 0.6 is 20.1 Å². The molecule has 0 radical (unpaired) electrons. The Bertz CT molecular complexity index is 468. The van der Waals surface area contributed by atoms with E-state index in [0.717, 1.165) is 0 Å². The molecule has 0 aliphatic carbocycles. The molecule has 82 valence electrons. The van der Waals surface area contributed by atoms with Crippen LogP contribution in [0.25, 0.3) is 10.9 Å². The minimum absolute atomic E-state index is 0.619. The summed E-state index contributed by atoms with van der Waals surface area (Å²) in [4.78, 5) is 4.76. The molecular formula is C13H18IN. The molecule has 0 saturated carbocycles. The van der Waals surface area contributed by atoms with Gasteiger partial charge in [0.1, 0.15) is 0 Å². The standard InChI is InChI=1S/C13H18IN/c1-10(2)12-6-5-11-7-8-15(14(3)4)13(11)9-12/h5-10H,1-4H3. The predicted octanol–water partition coefficient (Wildman–Crippen LogP) is 4.29. The van der Waals surface area contributed by atoms with Gasteiger partial charge >= 0.3 is 99.4 Å². The molecule has 1 nitrogen and oxygen atoms in total. The molecule has 0 aliphatic rings. The number of hydrogen-bond donors (Lipinski definition) is 0. The van der Waals surface area contributed by atoms with E-state index in [4.69, 9.17) is 0 Å². The number of benzene rings is 1. The van der Waals surface area contributed by atoms with Crippen LogP contribution in [0, 0.1) is 0 Å². The minimum atomic E-state index is -0.932. The van der Waals surface area contributed by atoms with Gasteiger partial charge in [0.05, 0.1) is 0 Å². The number of rotatable bonds is 2. The van der Waals surface area contributed by atoms with Crippen molar-refractivity contribution in [2.75, 3.05) is 9.86 Å². The quantitative estimate of drug-likeness (QED) is 0.575. The number of alkyl halides is 2. The molecule has 1 aromatic heterocycles. The molecule has 0 N–H and O–H groups in total. The van der Waals surface area contributed by atoms with Gasteiger partial charge in [-0.2, -0.15) is 0 Å². The maximum absolute atomic E-state index is 2.49. The zero-order chi connectivity index (χ0) is 11.0. The van der Waals surface area contributed by atoms with Crippen LogP contribution in [0.3, 0.4) is 0 Å². The van der Waals surface area contributed by atoms with Crippen molar-refractivity contribution in [3.63, 3.8) is 0 Å². The Morgan fingerprint density at radius 2 is 1.87 bits per heavy atom. The van der Waals surface area contributed by atoms with Crippen molar-refractivity contribution in [3.05, 3.63) is 36.0 Å². The summed E-state index contributed by atoms with van der Waals surface area (Å²) in [7, 11) is 0. The molecule has 0 spiro atoms. The average Bonchev–Trinajstić information content (AvgIpc) is 2.59. The van der Waals surface area contributed by atoms with Crippen LogP contribution in [-0.4, -0.2) is 12.6 Å². The van der Waals surface area contributed by atoms with Crippen LogP contribution in [0.15, 0.2) is 30.5 Å². The third-order valence-electron chi connectivity index (χ3n) is 2.70. The van der Waals surface area contributed by atoms with E-state index in [9.17, 15) is 0 Å². The maximum atomic E-state index is 2.49. The van der Waals surface area contributed by atoms with Crippen molar-refractivity contribution in [3.8, 4) is 0 Å². The molecule has 0 saturated heterocycles. The van der Waals surface area contributed by atoms with Gasteiger partial charge in [-0.1, -0.05) is 0 Å². The normalized spacial score (nSPS) is 12.5. The van der Waals surface area contributed by atoms with Gasteiger partial charge in [-0.15, -0.1) is 0 Å². The molecule has 0 aliphatic heterocycles. The zero-order valence-corrected chi connectivity index (χ0v) is 11.9. The number of hydrogen-bond acceptors (Lipinski definition) is 0. The van der Waals surface area contributed by atoms with Crippen molar-refractivity contribution in [1.29, 1.82) is 0 Å². The molecule has 1 heterocycles. The van der Waals surface area contributed by atoms with Crippen molar-refractivity contribution in [2.24, 2.45) is 0 Å². The summed E-state index contributed by atoms with van der Waals surface area (Å²) in [5.41, 5.74) is 2.87. The van der Waals surface area contributed by atoms with Crippen LogP contribution in [0.2, 0.25) is 0 Å². The van der Waals surface area contributed by atoms with E-state index in [-0.39, 0.29) is 0 Å². The SMILES string of the molecule is CC(C)c1ccc2ccn(I(C)C)c2c1. The van der Waals surface area contributed by atoms with Gasteiger partial charge in [0.15, 0.2) is 0 Å². The summed E-state index contributed by atoms with van der Waals surface area (Å²) < 4.78 is 2.49. The number of fused-ring (bicyclic) bond motifs is 1. The summed E-state index contributed by atoms with van der Waals surface area (Å²) >= 11 is -0.932. The third kappa shape index (κ3) is 2.05. The Morgan fingerprint density at radius 1 is 1.13 bits per heavy atom. The molecule has 1 aromatic carbocycles. The molecule has 15 heavy (non-hydrogen) atoms. The van der Waals surface area contributed by atoms with Crippen molar-refractivity contribution in [2.45, 2.75) is 19.8 Å². The van der Waals surface area contributed by atoms with Crippen LogP contribution in [0.1, 0.15) is 25.3 Å². The molecule has 2 aromatic rings. The molecule has 2 rings (SSSR count). The Kier molecular flexibility index (Phi) is 3.05. The second-order valence-corrected chi connectivity index (χ2v) is 9.44. The fraction of sp³-hybridized carbons (Fsp3) is 0.385. The van der Waals surface area contributed by atoms with Crippen LogP contribution < -0.4 is 0 Å². The second kappa shape index (κ2) is 4.16. The number of aromatic nitrogens is 1. The zero-order valence-electron chi connectivity index (χ0n) is 9.79. The van der Waals surface area contributed by atoms with E-state index in [2.05, 4.69) is 57.0 Å². The third-order valence-corrected chi connectivity index (χ3v) is 5.62. The summed E-state index contributed by atoms with van der Waals surface area (Å²) in [6.45, 7) is 4.51. The molecule has 2 heteroatoms. The summed E-state index contributed by atoms with van der Waals surface area (Å²) in [6, 6.07) is 9.09. The molecule has 0 unspecified atom stereocenters. The van der Waals surface area contributed by atoms with Gasteiger partial charge in [0.25, 0.3) is 0 Å². The van der Waals surface area contributed by atoms with Gasteiger partial charge in [-0.3, -0.25) is 0 Å². The first kappa shape index (κ1) is 11.0. The van der Waals surface area contributed by atoms with E-state index in [1.54, 1.807) is 0 Å². The summed E-state index contributed by atoms with van der Waals surface area (Å²) in [5.74, 6) is 0.619. The molecule has 0 bridgehead atoms. The number of halogens is 1. The Labute approximate surface area is 99.2 Å². The van der Waals surface area contributed by atoms with Crippen LogP contribution in [0.4, 0.5) is 0 Å². The average molecular weight is 315 g/mol. The second-order valence-electron chi connectivity index (χ2n) is 4.32. The first-order valence-corrected chi connectivity index (χ1v) is 10.5. The molecule has 0 amide bonds. The summed E-state index contributed by atoms with van der Waals surface area (Å²) in [6.07, 6.45) is 2.25. The van der Waals surface area contributed by atoms with Gasteiger partial charge < -0.3 is 0 Å². The van der Waals surface area contributed by atoms with E-state index >= 15 is 0 Å². The van der Waals surface area contributed by atoms with E-state index < -0.39 is 20.1 Å². The first-order valence-electron chi connectivity index (χ1n) is 5.21. The van der Waals surface area contributed by atoms with Gasteiger partial charge in [-0.05, 0) is 0 Å². The molecule has 0 atom stereocenters. The van der Waals surface area contributed by atoms with E-state index in [1.165, 1.54) is 16.5 Å². The Morgan fingerprint density at radius 3 is 2.47 bits per heavy atom. The van der Waals surface area contributed by atoms with Gasteiger partial charge in [0, 0.05) is 0 Å². The Hall–Kier alpha value is -0.510. The van der Waals surface area contributed by atoms with Crippen LogP contribution in [-0.2, 0) is 0 Å².